The number of aryl methyl sites for hydroxylation is 1. The van der Waals surface area contributed by atoms with E-state index in [0.29, 0.717) is 5.56 Å². The highest BCUT2D eigenvalue weighted by atomic mass is 19.1. The molecule has 0 aliphatic carbocycles. The van der Waals surface area contributed by atoms with Crippen LogP contribution in [0.1, 0.15) is 36.7 Å². The highest BCUT2D eigenvalue weighted by Crippen LogP contribution is 2.09. The third-order valence-corrected chi connectivity index (χ3v) is 2.76. The summed E-state index contributed by atoms with van der Waals surface area (Å²) in [6.45, 7) is 6.16. The van der Waals surface area contributed by atoms with Gasteiger partial charge in [-0.1, -0.05) is 0 Å². The Labute approximate surface area is 139 Å². The maximum atomic E-state index is 13.3. The molecule has 0 heterocycles. The van der Waals surface area contributed by atoms with Crippen LogP contribution in [0.15, 0.2) is 18.2 Å². The first-order valence-corrected chi connectivity index (χ1v) is 7.25. The highest BCUT2D eigenvalue weighted by molar-refractivity contribution is 5.94. The quantitative estimate of drug-likeness (QED) is 0.759. The average Bonchev–Trinajstić information content (AvgIpc) is 2.39. The van der Waals surface area contributed by atoms with E-state index in [4.69, 9.17) is 9.84 Å². The first-order valence-electron chi connectivity index (χ1n) is 7.25. The zero-order valence-corrected chi connectivity index (χ0v) is 14.0. The summed E-state index contributed by atoms with van der Waals surface area (Å²) < 4.78 is 18.3. The van der Waals surface area contributed by atoms with E-state index in [0.717, 1.165) is 6.07 Å². The van der Waals surface area contributed by atoms with Crippen molar-refractivity contribution < 1.29 is 28.6 Å². The van der Waals surface area contributed by atoms with Crippen LogP contribution in [0.5, 0.6) is 0 Å². The molecule has 0 aromatic heterocycles. The first kappa shape index (κ1) is 19.4. The second kappa shape index (κ2) is 7.76. The molecule has 1 atom stereocenters. The predicted octanol–water partition coefficient (Wildman–Crippen LogP) is 1.84. The predicted molar refractivity (Wildman–Crippen MR) is 84.3 cm³/mol. The molecule has 0 spiro atoms. The summed E-state index contributed by atoms with van der Waals surface area (Å²) in [6.07, 6.45) is -0.911. The number of hydrogen-bond acceptors (Lipinski definition) is 4. The Kier molecular flexibility index (Phi) is 6.27. The van der Waals surface area contributed by atoms with Crippen LogP contribution in [0.3, 0.4) is 0 Å². The van der Waals surface area contributed by atoms with Crippen molar-refractivity contribution in [1.82, 2.24) is 10.6 Å². The van der Waals surface area contributed by atoms with Crippen LogP contribution in [-0.2, 0) is 9.53 Å². The summed E-state index contributed by atoms with van der Waals surface area (Å²) >= 11 is 0. The number of rotatable bonds is 5. The van der Waals surface area contributed by atoms with Gasteiger partial charge in [0.25, 0.3) is 5.91 Å². The normalized spacial score (nSPS) is 12.2. The first-order chi connectivity index (χ1) is 11.0. The zero-order chi connectivity index (χ0) is 18.5. The minimum Gasteiger partial charge on any atom is -0.480 e. The van der Waals surface area contributed by atoms with E-state index in [-0.39, 0.29) is 12.1 Å². The van der Waals surface area contributed by atoms with Gasteiger partial charge in [-0.3, -0.25) is 4.79 Å². The average molecular weight is 340 g/mol. The minimum atomic E-state index is -1.38. The van der Waals surface area contributed by atoms with Crippen LogP contribution >= 0.6 is 0 Å². The lowest BCUT2D eigenvalue weighted by molar-refractivity contribution is -0.139. The van der Waals surface area contributed by atoms with E-state index in [9.17, 15) is 18.8 Å². The van der Waals surface area contributed by atoms with Crippen LogP contribution in [0.2, 0.25) is 0 Å². The molecule has 0 unspecified atom stereocenters. The lowest BCUT2D eigenvalue weighted by atomic mass is 10.1. The third kappa shape index (κ3) is 6.64. The summed E-state index contributed by atoms with van der Waals surface area (Å²) in [6, 6.07) is 2.40. The number of carboxylic acids is 1. The maximum Gasteiger partial charge on any atom is 0.408 e. The molecule has 7 nitrogen and oxygen atoms in total. The van der Waals surface area contributed by atoms with E-state index in [1.165, 1.54) is 12.1 Å². The Hall–Kier alpha value is -2.64. The summed E-state index contributed by atoms with van der Waals surface area (Å²) in [4.78, 5) is 34.8. The molecule has 0 bridgehead atoms. The van der Waals surface area contributed by atoms with Crippen molar-refractivity contribution in [2.24, 2.45) is 0 Å². The molecule has 0 saturated carbocycles. The molecule has 8 heteroatoms. The Balaban J connectivity index is 2.68. The number of carbonyl (C=O) groups is 3. The molecular formula is C16H21FN2O5. The van der Waals surface area contributed by atoms with Gasteiger partial charge < -0.3 is 20.5 Å². The van der Waals surface area contributed by atoms with Crippen LogP contribution in [-0.4, -0.2) is 41.3 Å². The number of halogens is 1. The summed E-state index contributed by atoms with van der Waals surface area (Å²) in [7, 11) is 0. The van der Waals surface area contributed by atoms with Gasteiger partial charge in [0.15, 0.2) is 0 Å². The van der Waals surface area contributed by atoms with Gasteiger partial charge in [0, 0.05) is 12.1 Å². The number of hydrogen-bond donors (Lipinski definition) is 3. The van der Waals surface area contributed by atoms with Gasteiger partial charge in [-0.15, -0.1) is 0 Å². The van der Waals surface area contributed by atoms with E-state index in [2.05, 4.69) is 10.6 Å². The molecule has 1 aromatic carbocycles. The Morgan fingerprint density at radius 1 is 1.25 bits per heavy atom. The fraction of sp³-hybridized carbons (Fsp3) is 0.438. The van der Waals surface area contributed by atoms with Crippen LogP contribution < -0.4 is 10.6 Å². The van der Waals surface area contributed by atoms with Crippen molar-refractivity contribution in [1.29, 1.82) is 0 Å². The van der Waals surface area contributed by atoms with Crippen molar-refractivity contribution in [2.45, 2.75) is 39.3 Å². The Morgan fingerprint density at radius 2 is 1.88 bits per heavy atom. The van der Waals surface area contributed by atoms with Gasteiger partial charge in [0.2, 0.25) is 0 Å². The maximum absolute atomic E-state index is 13.3. The van der Waals surface area contributed by atoms with Crippen LogP contribution in [0.25, 0.3) is 0 Å². The molecule has 0 fully saturated rings. The molecule has 1 rings (SSSR count). The number of carboxylic acid groups (broad SMARTS) is 1. The number of nitrogens with one attached hydrogen (secondary N) is 2. The molecule has 132 valence electrons. The van der Waals surface area contributed by atoms with E-state index >= 15 is 0 Å². The molecule has 0 saturated heterocycles. The highest BCUT2D eigenvalue weighted by Gasteiger charge is 2.24. The molecule has 1 aromatic rings. The zero-order valence-electron chi connectivity index (χ0n) is 14.0. The van der Waals surface area contributed by atoms with Gasteiger partial charge in [-0.05, 0) is 51.5 Å². The molecular weight excluding hydrogens is 319 g/mol. The van der Waals surface area contributed by atoms with Gasteiger partial charge in [0.1, 0.15) is 17.5 Å². The van der Waals surface area contributed by atoms with Gasteiger partial charge in [-0.2, -0.15) is 0 Å². The van der Waals surface area contributed by atoms with Gasteiger partial charge in [0.05, 0.1) is 0 Å². The topological polar surface area (TPSA) is 105 Å². The number of aliphatic carboxylic acids is 1. The van der Waals surface area contributed by atoms with Gasteiger partial charge >= 0.3 is 12.1 Å². The number of alkyl carbamates (subject to hydrolysis) is 1. The number of amides is 2. The van der Waals surface area contributed by atoms with Crippen molar-refractivity contribution >= 4 is 18.0 Å². The monoisotopic (exact) mass is 340 g/mol. The van der Waals surface area contributed by atoms with Crippen molar-refractivity contribution in [3.8, 4) is 0 Å². The van der Waals surface area contributed by atoms with Crippen LogP contribution in [0.4, 0.5) is 9.18 Å². The fourth-order valence-electron chi connectivity index (χ4n) is 1.81. The van der Waals surface area contributed by atoms with Crippen LogP contribution in [0, 0.1) is 12.7 Å². The molecule has 0 aliphatic rings. The van der Waals surface area contributed by atoms with Crippen molar-refractivity contribution in [3.63, 3.8) is 0 Å². The van der Waals surface area contributed by atoms with E-state index < -0.39 is 35.4 Å². The number of benzene rings is 1. The second-order valence-corrected chi connectivity index (χ2v) is 6.26. The smallest absolute Gasteiger partial charge is 0.408 e. The van der Waals surface area contributed by atoms with E-state index in [1.807, 2.05) is 0 Å². The molecule has 0 aliphatic heterocycles. The SMILES string of the molecule is Cc1cc(F)cc(C(=O)NC[C@@H](NC(=O)OC(C)(C)C)C(=O)O)c1. The summed E-state index contributed by atoms with van der Waals surface area (Å²) in [5.74, 6) is -2.55. The summed E-state index contributed by atoms with van der Waals surface area (Å²) in [5, 5.41) is 13.6. The lowest BCUT2D eigenvalue weighted by Crippen LogP contribution is -2.49. The van der Waals surface area contributed by atoms with Gasteiger partial charge in [-0.25, -0.2) is 14.0 Å². The number of ether oxygens (including phenoxy) is 1. The molecule has 24 heavy (non-hydrogen) atoms. The Bertz CT molecular complexity index is 620. The largest absolute Gasteiger partial charge is 0.480 e. The van der Waals surface area contributed by atoms with E-state index in [1.54, 1.807) is 27.7 Å². The third-order valence-electron chi connectivity index (χ3n) is 2.76. The summed E-state index contributed by atoms with van der Waals surface area (Å²) in [5.41, 5.74) is -0.161. The fourth-order valence-corrected chi connectivity index (χ4v) is 1.81. The van der Waals surface area contributed by atoms with Crippen molar-refractivity contribution in [2.75, 3.05) is 6.54 Å². The Morgan fingerprint density at radius 3 is 2.38 bits per heavy atom. The van der Waals surface area contributed by atoms with Crippen molar-refractivity contribution in [3.05, 3.63) is 35.1 Å². The molecule has 0 radical (unpaired) electrons. The molecule has 2 amide bonds. The number of carbonyl (C=O) groups excluding carboxylic acids is 2. The molecule has 3 N–H and O–H groups in total. The standard InChI is InChI=1S/C16H21FN2O5/c1-9-5-10(7-11(17)6-9)13(20)18-8-12(14(21)22)19-15(23)24-16(2,3)4/h5-7,12H,8H2,1-4H3,(H,18,20)(H,19,23)(H,21,22)/t12-/m1/s1. The minimum absolute atomic E-state index is 0.0638. The lowest BCUT2D eigenvalue weighted by Gasteiger charge is -2.22. The second-order valence-electron chi connectivity index (χ2n) is 6.26.